The lowest BCUT2D eigenvalue weighted by Gasteiger charge is -2.06. The van der Waals surface area contributed by atoms with Gasteiger partial charge in [-0.25, -0.2) is 0 Å². The number of esters is 1. The molecule has 1 aromatic rings. The molecule has 0 saturated heterocycles. The van der Waals surface area contributed by atoms with Gasteiger partial charge in [0.1, 0.15) is 13.2 Å². The van der Waals surface area contributed by atoms with Crippen molar-refractivity contribution in [3.63, 3.8) is 0 Å². The molecule has 0 aromatic heterocycles. The highest BCUT2D eigenvalue weighted by atomic mass is 127. The van der Waals surface area contributed by atoms with Crippen molar-refractivity contribution in [2.24, 2.45) is 0 Å². The standard InChI is InChI=1S/C12H11ClINO3/c1-8(13)7-18-11(16)6-15-12(17)9-4-2-3-5-10(9)14/h2-5H,1,6-7H2,(H,15,17). The van der Waals surface area contributed by atoms with Gasteiger partial charge in [-0.2, -0.15) is 0 Å². The van der Waals surface area contributed by atoms with E-state index in [1.54, 1.807) is 12.1 Å². The fraction of sp³-hybridized carbons (Fsp3) is 0.167. The summed E-state index contributed by atoms with van der Waals surface area (Å²) in [6.45, 7) is 3.12. The van der Waals surface area contributed by atoms with Gasteiger partial charge in [-0.05, 0) is 34.7 Å². The average Bonchev–Trinajstić information content (AvgIpc) is 2.34. The molecule has 0 aliphatic heterocycles. The smallest absolute Gasteiger partial charge is 0.325 e. The van der Waals surface area contributed by atoms with Gasteiger partial charge in [-0.15, -0.1) is 0 Å². The zero-order chi connectivity index (χ0) is 13.5. The van der Waals surface area contributed by atoms with Crippen LogP contribution in [0, 0.1) is 3.57 Å². The first-order chi connectivity index (χ1) is 8.50. The number of ether oxygens (including phenoxy) is 1. The predicted molar refractivity (Wildman–Crippen MR) is 77.4 cm³/mol. The monoisotopic (exact) mass is 379 g/mol. The highest BCUT2D eigenvalue weighted by Gasteiger charge is 2.11. The van der Waals surface area contributed by atoms with Crippen molar-refractivity contribution < 1.29 is 14.3 Å². The van der Waals surface area contributed by atoms with Crippen LogP contribution in [0.3, 0.4) is 0 Å². The molecule has 0 fully saturated rings. The van der Waals surface area contributed by atoms with Crippen LogP contribution in [0.25, 0.3) is 0 Å². The summed E-state index contributed by atoms with van der Waals surface area (Å²) >= 11 is 7.49. The zero-order valence-corrected chi connectivity index (χ0v) is 12.3. The number of amides is 1. The van der Waals surface area contributed by atoms with E-state index >= 15 is 0 Å². The van der Waals surface area contributed by atoms with Crippen molar-refractivity contribution in [1.29, 1.82) is 0 Å². The average molecular weight is 380 g/mol. The number of carbonyl (C=O) groups is 2. The molecule has 6 heteroatoms. The van der Waals surface area contributed by atoms with Crippen LogP contribution in [0.1, 0.15) is 10.4 Å². The Morgan fingerprint density at radius 2 is 2.06 bits per heavy atom. The molecule has 1 amide bonds. The third-order valence-electron chi connectivity index (χ3n) is 1.90. The first kappa shape index (κ1) is 15.0. The molecule has 0 aliphatic carbocycles. The minimum absolute atomic E-state index is 0.0564. The van der Waals surface area contributed by atoms with Gasteiger partial charge in [0, 0.05) is 8.60 Å². The van der Waals surface area contributed by atoms with Gasteiger partial charge in [-0.1, -0.05) is 30.3 Å². The van der Waals surface area contributed by atoms with Gasteiger partial charge < -0.3 is 10.1 Å². The molecule has 1 N–H and O–H groups in total. The van der Waals surface area contributed by atoms with Gasteiger partial charge in [0.15, 0.2) is 0 Å². The Hall–Kier alpha value is -1.08. The fourth-order valence-corrected chi connectivity index (χ4v) is 1.79. The van der Waals surface area contributed by atoms with Crippen LogP contribution in [0.15, 0.2) is 35.9 Å². The topological polar surface area (TPSA) is 55.4 Å². The minimum atomic E-state index is -0.559. The highest BCUT2D eigenvalue weighted by molar-refractivity contribution is 14.1. The van der Waals surface area contributed by atoms with E-state index in [1.807, 2.05) is 12.1 Å². The Morgan fingerprint density at radius 1 is 1.39 bits per heavy atom. The lowest BCUT2D eigenvalue weighted by molar-refractivity contribution is -0.141. The molecule has 0 bridgehead atoms. The summed E-state index contributed by atoms with van der Waals surface area (Å²) in [5.41, 5.74) is 0.521. The number of benzene rings is 1. The van der Waals surface area contributed by atoms with Gasteiger partial charge in [0.05, 0.1) is 5.56 Å². The number of carbonyl (C=O) groups excluding carboxylic acids is 2. The largest absolute Gasteiger partial charge is 0.459 e. The summed E-state index contributed by atoms with van der Waals surface area (Å²) in [6, 6.07) is 7.08. The normalized spacial score (nSPS) is 9.67. The third-order valence-corrected chi connectivity index (χ3v) is 2.95. The molecule has 0 saturated carbocycles. The van der Waals surface area contributed by atoms with Crippen LogP contribution in [0.2, 0.25) is 0 Å². The van der Waals surface area contributed by atoms with Gasteiger partial charge in [0.25, 0.3) is 5.91 Å². The maximum Gasteiger partial charge on any atom is 0.325 e. The summed E-state index contributed by atoms with van der Waals surface area (Å²) in [7, 11) is 0. The summed E-state index contributed by atoms with van der Waals surface area (Å²) < 4.78 is 5.55. The van der Waals surface area contributed by atoms with E-state index in [0.29, 0.717) is 5.56 Å². The molecule has 1 rings (SSSR count). The number of nitrogens with one attached hydrogen (secondary N) is 1. The zero-order valence-electron chi connectivity index (χ0n) is 9.41. The molecule has 4 nitrogen and oxygen atoms in total. The van der Waals surface area contributed by atoms with Crippen LogP contribution < -0.4 is 5.32 Å². The second-order valence-corrected chi connectivity index (χ2v) is 5.04. The second-order valence-electron chi connectivity index (χ2n) is 3.34. The Labute approximate surface area is 123 Å². The Morgan fingerprint density at radius 3 is 2.67 bits per heavy atom. The van der Waals surface area contributed by atoms with E-state index in [9.17, 15) is 9.59 Å². The molecule has 1 aromatic carbocycles. The predicted octanol–water partition coefficient (Wildman–Crippen LogP) is 2.32. The molecule has 0 heterocycles. The first-order valence-corrected chi connectivity index (χ1v) is 6.48. The summed E-state index contributed by atoms with van der Waals surface area (Å²) in [5.74, 6) is -0.877. The maximum absolute atomic E-state index is 11.7. The lowest BCUT2D eigenvalue weighted by Crippen LogP contribution is -2.31. The van der Waals surface area contributed by atoms with Crippen molar-refractivity contribution in [3.8, 4) is 0 Å². The third kappa shape index (κ3) is 5.05. The van der Waals surface area contributed by atoms with E-state index in [-0.39, 0.29) is 24.1 Å². The number of halogens is 2. The molecular formula is C12H11ClINO3. The van der Waals surface area contributed by atoms with Crippen LogP contribution in [0.5, 0.6) is 0 Å². The number of hydrogen-bond acceptors (Lipinski definition) is 3. The molecule has 0 atom stereocenters. The maximum atomic E-state index is 11.7. The molecule has 96 valence electrons. The summed E-state index contributed by atoms with van der Waals surface area (Å²) in [5, 5.41) is 2.70. The van der Waals surface area contributed by atoms with E-state index in [0.717, 1.165) is 3.57 Å². The van der Waals surface area contributed by atoms with Crippen molar-refractivity contribution in [2.45, 2.75) is 0 Å². The van der Waals surface area contributed by atoms with E-state index in [4.69, 9.17) is 16.3 Å². The Balaban J connectivity index is 2.45. The highest BCUT2D eigenvalue weighted by Crippen LogP contribution is 2.10. The Kier molecular flexibility index (Phi) is 6.14. The number of rotatable bonds is 5. The van der Waals surface area contributed by atoms with Crippen LogP contribution in [-0.4, -0.2) is 25.0 Å². The molecule has 18 heavy (non-hydrogen) atoms. The van der Waals surface area contributed by atoms with Crippen molar-refractivity contribution in [2.75, 3.05) is 13.2 Å². The summed E-state index contributed by atoms with van der Waals surface area (Å²) in [4.78, 5) is 23.0. The van der Waals surface area contributed by atoms with Crippen LogP contribution in [-0.2, 0) is 9.53 Å². The molecule has 0 unspecified atom stereocenters. The number of hydrogen-bond donors (Lipinski definition) is 1. The lowest BCUT2D eigenvalue weighted by atomic mass is 10.2. The minimum Gasteiger partial charge on any atom is -0.459 e. The van der Waals surface area contributed by atoms with E-state index in [1.165, 1.54) is 0 Å². The Bertz CT molecular complexity index is 476. The fourth-order valence-electron chi connectivity index (χ4n) is 1.10. The van der Waals surface area contributed by atoms with Crippen LogP contribution in [0.4, 0.5) is 0 Å². The van der Waals surface area contributed by atoms with E-state index < -0.39 is 5.97 Å². The molecule has 0 aliphatic rings. The molecule has 0 spiro atoms. The SMILES string of the molecule is C=C(Cl)COC(=O)CNC(=O)c1ccccc1I. The van der Waals surface area contributed by atoms with Crippen LogP contribution >= 0.6 is 34.2 Å². The van der Waals surface area contributed by atoms with Gasteiger partial charge >= 0.3 is 5.97 Å². The van der Waals surface area contributed by atoms with Crippen molar-refractivity contribution in [3.05, 3.63) is 45.0 Å². The van der Waals surface area contributed by atoms with E-state index in [2.05, 4.69) is 34.5 Å². The van der Waals surface area contributed by atoms with Gasteiger partial charge in [-0.3, -0.25) is 9.59 Å². The second kappa shape index (κ2) is 7.38. The van der Waals surface area contributed by atoms with Crippen molar-refractivity contribution in [1.82, 2.24) is 5.32 Å². The van der Waals surface area contributed by atoms with Gasteiger partial charge in [0.2, 0.25) is 0 Å². The molecule has 0 radical (unpaired) electrons. The summed E-state index contributed by atoms with van der Waals surface area (Å²) in [6.07, 6.45) is 0. The first-order valence-electron chi connectivity index (χ1n) is 5.02. The quantitative estimate of drug-likeness (QED) is 0.631. The van der Waals surface area contributed by atoms with Crippen molar-refractivity contribution >= 4 is 46.1 Å². The molecular weight excluding hydrogens is 368 g/mol.